The van der Waals surface area contributed by atoms with Gasteiger partial charge in [-0.15, -0.1) is 0 Å². The highest BCUT2D eigenvalue weighted by Gasteiger charge is 2.16. The maximum absolute atomic E-state index is 12.6. The Morgan fingerprint density at radius 1 is 1.04 bits per heavy atom. The average Bonchev–Trinajstić information content (AvgIpc) is 2.60. The number of methoxy groups -OCH3 is 2. The van der Waals surface area contributed by atoms with E-state index in [9.17, 15) is 4.79 Å². The SMILES string of the molecule is COc1ccc(OC)c(C(=O)/C(Cl)=C/c2ccc(N(C)C)cc2)c1. The molecule has 0 aromatic heterocycles. The van der Waals surface area contributed by atoms with E-state index < -0.39 is 0 Å². The van der Waals surface area contributed by atoms with Crippen LogP contribution in [0.15, 0.2) is 47.5 Å². The van der Waals surface area contributed by atoms with Gasteiger partial charge in [0.1, 0.15) is 11.5 Å². The Morgan fingerprint density at radius 2 is 1.71 bits per heavy atom. The molecule has 2 rings (SSSR count). The first-order chi connectivity index (χ1) is 11.5. The molecule has 0 aliphatic heterocycles. The lowest BCUT2D eigenvalue weighted by Gasteiger charge is -2.12. The van der Waals surface area contributed by atoms with Crippen molar-refractivity contribution in [3.05, 3.63) is 58.6 Å². The van der Waals surface area contributed by atoms with Crippen LogP contribution in [-0.2, 0) is 0 Å². The molecule has 126 valence electrons. The summed E-state index contributed by atoms with van der Waals surface area (Å²) in [5.41, 5.74) is 2.29. The Balaban J connectivity index is 2.31. The van der Waals surface area contributed by atoms with E-state index in [-0.39, 0.29) is 10.8 Å². The van der Waals surface area contributed by atoms with E-state index >= 15 is 0 Å². The second-order valence-corrected chi connectivity index (χ2v) is 5.78. The van der Waals surface area contributed by atoms with Gasteiger partial charge >= 0.3 is 0 Å². The Bertz CT molecular complexity index is 752. The van der Waals surface area contributed by atoms with E-state index in [1.54, 1.807) is 31.4 Å². The van der Waals surface area contributed by atoms with Gasteiger partial charge in [-0.3, -0.25) is 4.79 Å². The van der Waals surface area contributed by atoms with Gasteiger partial charge in [-0.25, -0.2) is 0 Å². The number of hydrogen-bond donors (Lipinski definition) is 0. The molecule has 4 nitrogen and oxygen atoms in total. The molecule has 0 saturated heterocycles. The third-order valence-electron chi connectivity index (χ3n) is 3.57. The number of benzene rings is 2. The molecule has 0 radical (unpaired) electrons. The highest BCUT2D eigenvalue weighted by Crippen LogP contribution is 2.28. The summed E-state index contributed by atoms with van der Waals surface area (Å²) in [7, 11) is 6.99. The summed E-state index contributed by atoms with van der Waals surface area (Å²) in [6.07, 6.45) is 1.64. The van der Waals surface area contributed by atoms with Gasteiger partial charge in [0.05, 0.1) is 24.8 Å². The van der Waals surface area contributed by atoms with Crippen molar-refractivity contribution >= 4 is 29.1 Å². The topological polar surface area (TPSA) is 38.8 Å². The molecule has 2 aromatic rings. The molecule has 5 heteroatoms. The largest absolute Gasteiger partial charge is 0.497 e. The summed E-state index contributed by atoms with van der Waals surface area (Å²) in [5, 5.41) is 0.110. The minimum absolute atomic E-state index is 0.110. The van der Waals surface area contributed by atoms with E-state index in [1.807, 2.05) is 43.3 Å². The summed E-state index contributed by atoms with van der Waals surface area (Å²) in [6.45, 7) is 0. The fraction of sp³-hybridized carbons (Fsp3) is 0.211. The molecule has 0 fully saturated rings. The molecule has 0 unspecified atom stereocenters. The maximum atomic E-state index is 12.6. The van der Waals surface area contributed by atoms with Gasteiger partial charge in [0.25, 0.3) is 0 Å². The van der Waals surface area contributed by atoms with E-state index in [0.717, 1.165) is 11.3 Å². The molecular weight excluding hydrogens is 326 g/mol. The molecule has 0 N–H and O–H groups in total. The molecule has 24 heavy (non-hydrogen) atoms. The summed E-state index contributed by atoms with van der Waals surface area (Å²) >= 11 is 6.23. The number of hydrogen-bond acceptors (Lipinski definition) is 4. The van der Waals surface area contributed by atoms with Crippen molar-refractivity contribution in [3.63, 3.8) is 0 Å². The number of ketones is 1. The van der Waals surface area contributed by atoms with Crippen LogP contribution in [0.5, 0.6) is 11.5 Å². The van der Waals surface area contributed by atoms with Crippen molar-refractivity contribution in [1.29, 1.82) is 0 Å². The number of ether oxygens (including phenoxy) is 2. The molecule has 0 spiro atoms. The van der Waals surface area contributed by atoms with Crippen molar-refractivity contribution in [2.45, 2.75) is 0 Å². The molecule has 0 aliphatic carbocycles. The molecule has 0 atom stereocenters. The van der Waals surface area contributed by atoms with Crippen molar-refractivity contribution in [2.24, 2.45) is 0 Å². The molecule has 0 amide bonds. The number of halogens is 1. The van der Waals surface area contributed by atoms with Gasteiger partial charge in [-0.1, -0.05) is 23.7 Å². The van der Waals surface area contributed by atoms with Gasteiger partial charge in [0.2, 0.25) is 5.78 Å². The first kappa shape index (κ1) is 17.9. The van der Waals surface area contributed by atoms with Crippen LogP contribution >= 0.6 is 11.6 Å². The number of carbonyl (C=O) groups excluding carboxylic acids is 1. The van der Waals surface area contributed by atoms with Crippen molar-refractivity contribution in [2.75, 3.05) is 33.2 Å². The van der Waals surface area contributed by atoms with Crippen molar-refractivity contribution < 1.29 is 14.3 Å². The number of rotatable bonds is 6. The van der Waals surface area contributed by atoms with Crippen molar-refractivity contribution in [1.82, 2.24) is 0 Å². The lowest BCUT2D eigenvalue weighted by atomic mass is 10.1. The van der Waals surface area contributed by atoms with Crippen LogP contribution in [0.4, 0.5) is 5.69 Å². The number of allylic oxidation sites excluding steroid dienone is 1. The number of carbonyl (C=O) groups is 1. The Kier molecular flexibility index (Phi) is 5.88. The zero-order chi connectivity index (χ0) is 17.7. The molecular formula is C19H20ClNO3. The summed E-state index contributed by atoms with van der Waals surface area (Å²) in [5.74, 6) is 0.707. The van der Waals surface area contributed by atoms with Crippen LogP contribution in [0.25, 0.3) is 6.08 Å². The van der Waals surface area contributed by atoms with E-state index in [2.05, 4.69) is 0 Å². The minimum atomic E-state index is -0.316. The van der Waals surface area contributed by atoms with Crippen molar-refractivity contribution in [3.8, 4) is 11.5 Å². The fourth-order valence-electron chi connectivity index (χ4n) is 2.20. The van der Waals surface area contributed by atoms with Crippen LogP contribution in [0, 0.1) is 0 Å². The second-order valence-electron chi connectivity index (χ2n) is 5.37. The second kappa shape index (κ2) is 7.88. The Hall–Kier alpha value is -2.46. The third kappa shape index (κ3) is 4.09. The van der Waals surface area contributed by atoms with Crippen LogP contribution < -0.4 is 14.4 Å². The van der Waals surface area contributed by atoms with Crippen LogP contribution in [0.2, 0.25) is 0 Å². The van der Waals surface area contributed by atoms with Gasteiger partial charge < -0.3 is 14.4 Å². The molecule has 0 aliphatic rings. The Labute approximate surface area is 147 Å². The van der Waals surface area contributed by atoms with Crippen LogP contribution in [0.3, 0.4) is 0 Å². The highest BCUT2D eigenvalue weighted by molar-refractivity contribution is 6.47. The molecule has 2 aromatic carbocycles. The summed E-state index contributed by atoms with van der Waals surface area (Å²) in [4.78, 5) is 14.6. The van der Waals surface area contributed by atoms with Crippen LogP contribution in [-0.4, -0.2) is 34.1 Å². The molecule has 0 heterocycles. The van der Waals surface area contributed by atoms with Gasteiger partial charge in [0.15, 0.2) is 0 Å². The predicted octanol–water partition coefficient (Wildman–Crippen LogP) is 4.23. The minimum Gasteiger partial charge on any atom is -0.497 e. The lowest BCUT2D eigenvalue weighted by molar-refractivity contribution is 0.104. The molecule has 0 bridgehead atoms. The van der Waals surface area contributed by atoms with E-state index in [1.165, 1.54) is 7.11 Å². The number of nitrogens with zero attached hydrogens (tertiary/aromatic N) is 1. The predicted molar refractivity (Wildman–Crippen MR) is 98.5 cm³/mol. The summed E-state index contributed by atoms with van der Waals surface area (Å²) in [6, 6.07) is 12.8. The lowest BCUT2D eigenvalue weighted by Crippen LogP contribution is -2.08. The normalized spacial score (nSPS) is 11.1. The van der Waals surface area contributed by atoms with Crippen LogP contribution in [0.1, 0.15) is 15.9 Å². The zero-order valence-corrected chi connectivity index (χ0v) is 14.9. The standard InChI is InChI=1S/C19H20ClNO3/c1-21(2)14-7-5-13(6-8-14)11-17(20)19(22)16-12-15(23-3)9-10-18(16)24-4/h5-12H,1-4H3/b17-11-. The van der Waals surface area contributed by atoms with E-state index in [4.69, 9.17) is 21.1 Å². The van der Waals surface area contributed by atoms with Gasteiger partial charge in [0, 0.05) is 19.8 Å². The highest BCUT2D eigenvalue weighted by atomic mass is 35.5. The van der Waals surface area contributed by atoms with E-state index in [0.29, 0.717) is 17.1 Å². The fourth-order valence-corrected chi connectivity index (χ4v) is 2.43. The summed E-state index contributed by atoms with van der Waals surface area (Å²) < 4.78 is 10.4. The number of anilines is 1. The van der Waals surface area contributed by atoms with Gasteiger partial charge in [-0.05, 0) is 42.0 Å². The average molecular weight is 346 g/mol. The first-order valence-electron chi connectivity index (χ1n) is 7.37. The smallest absolute Gasteiger partial charge is 0.208 e. The third-order valence-corrected chi connectivity index (χ3v) is 3.85. The first-order valence-corrected chi connectivity index (χ1v) is 7.75. The zero-order valence-electron chi connectivity index (χ0n) is 14.2. The Morgan fingerprint density at radius 3 is 2.25 bits per heavy atom. The molecule has 0 saturated carbocycles. The quantitative estimate of drug-likeness (QED) is 0.580. The monoisotopic (exact) mass is 345 g/mol. The van der Waals surface area contributed by atoms with Gasteiger partial charge in [-0.2, -0.15) is 0 Å². The number of Topliss-reactive ketones (excluding diaryl/α,β-unsaturated/α-hetero) is 1. The maximum Gasteiger partial charge on any atom is 0.208 e.